The van der Waals surface area contributed by atoms with Crippen molar-refractivity contribution in [2.45, 2.75) is 6.61 Å². The molecule has 0 saturated carbocycles. The number of hydrogen-bond acceptors (Lipinski definition) is 3. The summed E-state index contributed by atoms with van der Waals surface area (Å²) in [4.78, 5) is 15.2. The first-order valence-electron chi connectivity index (χ1n) is 3.09. The molecule has 2 heterocycles. The molecule has 0 bridgehead atoms. The largest absolute Gasteiger partial charge is 0.464 e. The predicted molar refractivity (Wildman–Crippen MR) is 36.3 cm³/mol. The standard InChI is InChI=1S/C6H6N2O3/c9-6(10)8-1-4-3-11-7-5(4)2-8/h1-2,7H,3H2,(H,9,10). The Hall–Kier alpha value is -1.49. The highest BCUT2D eigenvalue weighted by atomic mass is 16.6. The molecule has 0 spiro atoms. The summed E-state index contributed by atoms with van der Waals surface area (Å²) in [5, 5.41) is 8.54. The van der Waals surface area contributed by atoms with Crippen LogP contribution in [0.2, 0.25) is 0 Å². The summed E-state index contributed by atoms with van der Waals surface area (Å²) >= 11 is 0. The van der Waals surface area contributed by atoms with Gasteiger partial charge >= 0.3 is 6.09 Å². The van der Waals surface area contributed by atoms with Crippen LogP contribution in [-0.4, -0.2) is 15.8 Å². The highest BCUT2D eigenvalue weighted by molar-refractivity contribution is 5.71. The summed E-state index contributed by atoms with van der Waals surface area (Å²) in [5.74, 6) is 0. The van der Waals surface area contributed by atoms with E-state index < -0.39 is 6.09 Å². The van der Waals surface area contributed by atoms with E-state index in [4.69, 9.17) is 9.94 Å². The molecule has 0 amide bonds. The van der Waals surface area contributed by atoms with E-state index in [9.17, 15) is 4.79 Å². The van der Waals surface area contributed by atoms with Gasteiger partial charge in [-0.3, -0.25) is 14.9 Å². The number of aromatic nitrogens is 1. The maximum Gasteiger partial charge on any atom is 0.415 e. The summed E-state index contributed by atoms with van der Waals surface area (Å²) in [6.45, 7) is 0.426. The molecule has 0 saturated heterocycles. The van der Waals surface area contributed by atoms with E-state index >= 15 is 0 Å². The predicted octanol–water partition coefficient (Wildman–Crippen LogP) is 0.871. The van der Waals surface area contributed by atoms with Gasteiger partial charge in [0.15, 0.2) is 0 Å². The molecule has 0 aromatic carbocycles. The Bertz CT molecular complexity index is 283. The second-order valence-electron chi connectivity index (χ2n) is 2.28. The van der Waals surface area contributed by atoms with Gasteiger partial charge in [-0.05, 0) is 0 Å². The molecule has 0 unspecified atom stereocenters. The van der Waals surface area contributed by atoms with Gasteiger partial charge in [0, 0.05) is 18.0 Å². The van der Waals surface area contributed by atoms with Crippen molar-refractivity contribution in [3.05, 3.63) is 18.0 Å². The number of nitrogens with one attached hydrogen (secondary N) is 1. The molecular formula is C6H6N2O3. The lowest BCUT2D eigenvalue weighted by atomic mass is 10.3. The number of carboxylic acid groups (broad SMARTS) is 1. The van der Waals surface area contributed by atoms with E-state index in [0.29, 0.717) is 6.61 Å². The van der Waals surface area contributed by atoms with E-state index in [1.807, 2.05) is 0 Å². The zero-order valence-corrected chi connectivity index (χ0v) is 5.57. The lowest BCUT2D eigenvalue weighted by Gasteiger charge is -1.93. The van der Waals surface area contributed by atoms with Gasteiger partial charge in [-0.15, -0.1) is 0 Å². The van der Waals surface area contributed by atoms with Crippen molar-refractivity contribution in [3.63, 3.8) is 0 Å². The van der Waals surface area contributed by atoms with Gasteiger partial charge in [0.05, 0.1) is 5.69 Å². The quantitative estimate of drug-likeness (QED) is 0.582. The van der Waals surface area contributed by atoms with E-state index in [-0.39, 0.29) is 0 Å². The molecule has 1 aliphatic rings. The Labute approximate surface area is 62.1 Å². The van der Waals surface area contributed by atoms with Crippen LogP contribution in [0.4, 0.5) is 10.5 Å². The molecule has 1 aromatic heterocycles. The van der Waals surface area contributed by atoms with E-state index in [2.05, 4.69) is 5.48 Å². The lowest BCUT2D eigenvalue weighted by Crippen LogP contribution is -2.05. The number of carbonyl (C=O) groups is 1. The summed E-state index contributed by atoms with van der Waals surface area (Å²) in [7, 11) is 0. The first-order valence-corrected chi connectivity index (χ1v) is 3.09. The van der Waals surface area contributed by atoms with Gasteiger partial charge in [-0.2, -0.15) is 0 Å². The maximum atomic E-state index is 10.4. The zero-order valence-electron chi connectivity index (χ0n) is 5.57. The molecule has 0 atom stereocenters. The van der Waals surface area contributed by atoms with Crippen molar-refractivity contribution in [3.8, 4) is 0 Å². The first kappa shape index (κ1) is 6.23. The van der Waals surface area contributed by atoms with Crippen molar-refractivity contribution < 1.29 is 14.7 Å². The molecule has 11 heavy (non-hydrogen) atoms. The van der Waals surface area contributed by atoms with Crippen LogP contribution in [-0.2, 0) is 11.4 Å². The molecule has 58 valence electrons. The minimum atomic E-state index is -0.985. The highest BCUT2D eigenvalue weighted by Gasteiger charge is 2.15. The van der Waals surface area contributed by atoms with Crippen molar-refractivity contribution in [2.24, 2.45) is 0 Å². The van der Waals surface area contributed by atoms with Gasteiger partial charge in [0.25, 0.3) is 0 Å². The number of hydrogen-bond donors (Lipinski definition) is 2. The van der Waals surface area contributed by atoms with Crippen LogP contribution in [0.1, 0.15) is 5.56 Å². The van der Waals surface area contributed by atoms with Crippen LogP contribution in [0.15, 0.2) is 12.4 Å². The third kappa shape index (κ3) is 0.857. The SMILES string of the molecule is O=C(O)n1cc2c(c1)NOC2. The third-order valence-electron chi connectivity index (χ3n) is 1.54. The normalized spacial score (nSPS) is 14.2. The Balaban J connectivity index is 2.42. The average Bonchev–Trinajstić information content (AvgIpc) is 2.40. The van der Waals surface area contributed by atoms with E-state index in [0.717, 1.165) is 15.8 Å². The van der Waals surface area contributed by atoms with Crippen molar-refractivity contribution in [1.29, 1.82) is 0 Å². The number of anilines is 1. The Morgan fingerprint density at radius 2 is 2.55 bits per heavy atom. The van der Waals surface area contributed by atoms with Crippen molar-refractivity contribution in [2.75, 3.05) is 5.48 Å². The van der Waals surface area contributed by atoms with Crippen LogP contribution in [0.5, 0.6) is 0 Å². The molecule has 0 fully saturated rings. The van der Waals surface area contributed by atoms with E-state index in [1.54, 1.807) is 0 Å². The van der Waals surface area contributed by atoms with Crippen LogP contribution in [0.25, 0.3) is 0 Å². The molecule has 0 aliphatic carbocycles. The first-order chi connectivity index (χ1) is 5.27. The van der Waals surface area contributed by atoms with Gasteiger partial charge in [-0.25, -0.2) is 4.79 Å². The van der Waals surface area contributed by atoms with Crippen LogP contribution >= 0.6 is 0 Å². The molecule has 5 nitrogen and oxygen atoms in total. The van der Waals surface area contributed by atoms with Gasteiger partial charge in [0.2, 0.25) is 0 Å². The van der Waals surface area contributed by atoms with Gasteiger partial charge < -0.3 is 5.11 Å². The molecule has 0 radical (unpaired) electrons. The van der Waals surface area contributed by atoms with Crippen LogP contribution < -0.4 is 5.48 Å². The third-order valence-corrected chi connectivity index (χ3v) is 1.54. The summed E-state index contributed by atoms with van der Waals surface area (Å²) in [6, 6.07) is 0. The van der Waals surface area contributed by atoms with E-state index in [1.165, 1.54) is 12.4 Å². The molecule has 1 aromatic rings. The van der Waals surface area contributed by atoms with Crippen LogP contribution in [0.3, 0.4) is 0 Å². The molecular weight excluding hydrogens is 148 g/mol. The topological polar surface area (TPSA) is 63.5 Å². The second kappa shape index (κ2) is 2.00. The molecule has 2 N–H and O–H groups in total. The van der Waals surface area contributed by atoms with Crippen molar-refractivity contribution in [1.82, 2.24) is 4.57 Å². The Morgan fingerprint density at radius 1 is 1.73 bits per heavy atom. The second-order valence-corrected chi connectivity index (χ2v) is 2.28. The van der Waals surface area contributed by atoms with Crippen molar-refractivity contribution >= 4 is 11.8 Å². The monoisotopic (exact) mass is 154 g/mol. The number of fused-ring (bicyclic) bond motifs is 1. The Kier molecular flexibility index (Phi) is 1.13. The number of nitrogens with zero attached hydrogens (tertiary/aromatic N) is 1. The maximum absolute atomic E-state index is 10.4. The zero-order chi connectivity index (χ0) is 7.84. The lowest BCUT2D eigenvalue weighted by molar-refractivity contribution is 0.193. The minimum Gasteiger partial charge on any atom is -0.464 e. The summed E-state index contributed by atoms with van der Waals surface area (Å²) < 4.78 is 1.10. The molecule has 2 rings (SSSR count). The fraction of sp³-hybridized carbons (Fsp3) is 0.167. The smallest absolute Gasteiger partial charge is 0.415 e. The Morgan fingerprint density at radius 3 is 3.18 bits per heavy atom. The van der Waals surface area contributed by atoms with Gasteiger partial charge in [-0.1, -0.05) is 0 Å². The number of rotatable bonds is 0. The average molecular weight is 154 g/mol. The summed E-state index contributed by atoms with van der Waals surface area (Å²) in [6.07, 6.45) is 2.02. The highest BCUT2D eigenvalue weighted by Crippen LogP contribution is 2.23. The minimum absolute atomic E-state index is 0.426. The van der Waals surface area contributed by atoms with Gasteiger partial charge in [0.1, 0.15) is 6.61 Å². The fourth-order valence-corrected chi connectivity index (χ4v) is 1.01. The fourth-order valence-electron chi connectivity index (χ4n) is 1.01. The summed E-state index contributed by atoms with van der Waals surface area (Å²) in [5.41, 5.74) is 4.19. The van der Waals surface area contributed by atoms with Crippen LogP contribution in [0, 0.1) is 0 Å². The molecule has 1 aliphatic heterocycles. The molecule has 5 heteroatoms.